The highest BCUT2D eigenvalue weighted by Gasteiger charge is 2.35. The molecule has 29 heavy (non-hydrogen) atoms. The average Bonchev–Trinajstić information content (AvgIpc) is 3.16. The molecule has 2 aromatic rings. The number of ether oxygens (including phenoxy) is 1. The predicted molar refractivity (Wildman–Crippen MR) is 115 cm³/mol. The molecule has 1 saturated heterocycles. The van der Waals surface area contributed by atoms with Crippen LogP contribution in [0.4, 0.5) is 0 Å². The molecule has 1 unspecified atom stereocenters. The smallest absolute Gasteiger partial charge is 0.257 e. The average molecular weight is 412 g/mol. The molecule has 1 fully saturated rings. The minimum absolute atomic E-state index is 0.00402. The Labute approximate surface area is 176 Å². The van der Waals surface area contributed by atoms with Crippen LogP contribution >= 0.6 is 11.6 Å². The van der Waals surface area contributed by atoms with Gasteiger partial charge in [-0.1, -0.05) is 41.9 Å². The molecule has 0 bridgehead atoms. The van der Waals surface area contributed by atoms with E-state index in [0.29, 0.717) is 31.2 Å². The zero-order chi connectivity index (χ0) is 20.4. The molecule has 0 saturated carbocycles. The second kappa shape index (κ2) is 8.66. The van der Waals surface area contributed by atoms with Crippen molar-refractivity contribution in [2.45, 2.75) is 26.3 Å². The van der Waals surface area contributed by atoms with Gasteiger partial charge in [-0.25, -0.2) is 5.01 Å². The van der Waals surface area contributed by atoms with E-state index in [1.54, 1.807) is 5.01 Å². The van der Waals surface area contributed by atoms with Crippen LogP contribution in [0.2, 0.25) is 5.02 Å². The monoisotopic (exact) mass is 411 g/mol. The molecular weight excluding hydrogens is 386 g/mol. The maximum absolute atomic E-state index is 13.2. The fraction of sp³-hybridized carbons (Fsp3) is 0.391. The Morgan fingerprint density at radius 1 is 1.14 bits per heavy atom. The summed E-state index contributed by atoms with van der Waals surface area (Å²) in [6, 6.07) is 13.9. The number of rotatable bonds is 4. The molecule has 0 spiro atoms. The van der Waals surface area contributed by atoms with Gasteiger partial charge in [0.15, 0.2) is 0 Å². The summed E-state index contributed by atoms with van der Waals surface area (Å²) >= 11 is 6.49. The van der Waals surface area contributed by atoms with Crippen molar-refractivity contribution in [3.63, 3.8) is 0 Å². The molecule has 2 aromatic carbocycles. The second-order valence-electron chi connectivity index (χ2n) is 7.71. The van der Waals surface area contributed by atoms with E-state index in [1.165, 1.54) is 11.1 Å². The van der Waals surface area contributed by atoms with E-state index in [2.05, 4.69) is 36.9 Å². The largest absolute Gasteiger partial charge is 0.379 e. The van der Waals surface area contributed by atoms with Crippen molar-refractivity contribution in [3.05, 3.63) is 69.7 Å². The number of carbonyl (C=O) groups is 1. The summed E-state index contributed by atoms with van der Waals surface area (Å²) < 4.78 is 5.40. The number of halogens is 1. The first-order chi connectivity index (χ1) is 14.0. The van der Waals surface area contributed by atoms with Crippen molar-refractivity contribution in [2.75, 3.05) is 32.8 Å². The molecule has 1 atom stereocenters. The molecule has 5 nitrogen and oxygen atoms in total. The van der Waals surface area contributed by atoms with Crippen LogP contribution in [0.5, 0.6) is 0 Å². The van der Waals surface area contributed by atoms with E-state index in [0.717, 1.165) is 29.9 Å². The normalized spacial score (nSPS) is 20.0. The molecule has 0 radical (unpaired) electrons. The number of hydrogen-bond donors (Lipinski definition) is 0. The molecule has 0 aliphatic carbocycles. The van der Waals surface area contributed by atoms with Gasteiger partial charge in [0, 0.05) is 24.5 Å². The van der Waals surface area contributed by atoms with Gasteiger partial charge in [-0.3, -0.25) is 9.69 Å². The van der Waals surface area contributed by atoms with Crippen molar-refractivity contribution >= 4 is 23.2 Å². The summed E-state index contributed by atoms with van der Waals surface area (Å²) in [4.78, 5) is 15.3. The summed E-state index contributed by atoms with van der Waals surface area (Å²) in [5.41, 5.74) is 5.39. The minimum atomic E-state index is -0.186. The molecule has 2 aliphatic rings. The Morgan fingerprint density at radius 3 is 2.62 bits per heavy atom. The van der Waals surface area contributed by atoms with Gasteiger partial charge in [0.05, 0.1) is 31.5 Å². The van der Waals surface area contributed by atoms with Crippen LogP contribution in [-0.4, -0.2) is 54.4 Å². The number of carbonyl (C=O) groups excluding carboxylic acids is 1. The topological polar surface area (TPSA) is 45.1 Å². The van der Waals surface area contributed by atoms with Gasteiger partial charge in [-0.2, -0.15) is 5.10 Å². The zero-order valence-corrected chi connectivity index (χ0v) is 17.7. The Kier molecular flexibility index (Phi) is 5.99. The number of amides is 1. The molecule has 152 valence electrons. The lowest BCUT2D eigenvalue weighted by Crippen LogP contribution is -2.43. The number of hydrogen-bond acceptors (Lipinski definition) is 4. The van der Waals surface area contributed by atoms with Crippen LogP contribution < -0.4 is 0 Å². The lowest BCUT2D eigenvalue weighted by atomic mass is 9.96. The molecular formula is C23H26ClN3O2. The molecule has 2 heterocycles. The summed E-state index contributed by atoms with van der Waals surface area (Å²) in [7, 11) is 0. The van der Waals surface area contributed by atoms with Crippen LogP contribution in [0.3, 0.4) is 0 Å². The van der Waals surface area contributed by atoms with Crippen LogP contribution in [0.25, 0.3) is 0 Å². The third kappa shape index (κ3) is 4.37. The highest BCUT2D eigenvalue weighted by atomic mass is 35.5. The third-order valence-electron chi connectivity index (χ3n) is 5.73. The van der Waals surface area contributed by atoms with Crippen molar-refractivity contribution in [3.8, 4) is 0 Å². The van der Waals surface area contributed by atoms with Crippen molar-refractivity contribution in [1.82, 2.24) is 9.91 Å². The Morgan fingerprint density at radius 2 is 1.90 bits per heavy atom. The molecule has 2 aliphatic heterocycles. The van der Waals surface area contributed by atoms with E-state index in [-0.39, 0.29) is 11.9 Å². The van der Waals surface area contributed by atoms with Crippen LogP contribution in [0.15, 0.2) is 47.6 Å². The fourth-order valence-corrected chi connectivity index (χ4v) is 4.11. The predicted octanol–water partition coefficient (Wildman–Crippen LogP) is 3.97. The number of nitrogens with zero attached hydrogens (tertiary/aromatic N) is 3. The zero-order valence-electron chi connectivity index (χ0n) is 16.9. The van der Waals surface area contributed by atoms with Crippen molar-refractivity contribution in [2.24, 2.45) is 5.10 Å². The fourth-order valence-electron chi connectivity index (χ4n) is 3.85. The lowest BCUT2D eigenvalue weighted by Gasteiger charge is -2.29. The van der Waals surface area contributed by atoms with E-state index in [4.69, 9.17) is 21.4 Å². The van der Waals surface area contributed by atoms with Gasteiger partial charge in [0.2, 0.25) is 0 Å². The van der Waals surface area contributed by atoms with Crippen molar-refractivity contribution < 1.29 is 9.53 Å². The summed E-state index contributed by atoms with van der Waals surface area (Å²) in [5, 5.41) is 7.08. The van der Waals surface area contributed by atoms with Gasteiger partial charge in [-0.15, -0.1) is 0 Å². The molecule has 6 heteroatoms. The molecule has 0 aromatic heterocycles. The Balaban J connectivity index is 1.64. The highest BCUT2D eigenvalue weighted by Crippen LogP contribution is 2.36. The van der Waals surface area contributed by atoms with Crippen LogP contribution in [-0.2, 0) is 9.53 Å². The SMILES string of the molecule is Cc1ccc(C2=NN(C(=O)CN3CCOCC3)C(c3ccccc3Cl)C2)cc1C. The molecule has 1 amide bonds. The Bertz CT molecular complexity index is 937. The standard InChI is InChI=1S/C23H26ClN3O2/c1-16-7-8-18(13-17(16)2)21-14-22(19-5-3-4-6-20(19)24)27(25-21)23(28)15-26-9-11-29-12-10-26/h3-8,13,22H,9-12,14-15H2,1-2H3. The Hall–Kier alpha value is -2.21. The number of hydrazone groups is 1. The van der Waals surface area contributed by atoms with E-state index >= 15 is 0 Å². The lowest BCUT2D eigenvalue weighted by molar-refractivity contribution is -0.135. The van der Waals surface area contributed by atoms with Gasteiger partial charge in [0.25, 0.3) is 5.91 Å². The first-order valence-electron chi connectivity index (χ1n) is 10.0. The first-order valence-corrected chi connectivity index (χ1v) is 10.4. The summed E-state index contributed by atoms with van der Waals surface area (Å²) in [6.07, 6.45) is 0.654. The van der Waals surface area contributed by atoms with E-state index < -0.39 is 0 Å². The summed E-state index contributed by atoms with van der Waals surface area (Å²) in [6.45, 7) is 7.40. The minimum Gasteiger partial charge on any atom is -0.379 e. The second-order valence-corrected chi connectivity index (χ2v) is 8.12. The van der Waals surface area contributed by atoms with E-state index in [1.807, 2.05) is 24.3 Å². The maximum Gasteiger partial charge on any atom is 0.257 e. The summed E-state index contributed by atoms with van der Waals surface area (Å²) in [5.74, 6) is -0.00402. The molecule has 4 rings (SSSR count). The number of aryl methyl sites for hydroxylation is 2. The van der Waals surface area contributed by atoms with Gasteiger partial charge < -0.3 is 4.74 Å². The number of morpholine rings is 1. The molecule has 0 N–H and O–H groups in total. The van der Waals surface area contributed by atoms with Gasteiger partial charge >= 0.3 is 0 Å². The highest BCUT2D eigenvalue weighted by molar-refractivity contribution is 6.31. The first kappa shape index (κ1) is 20.1. The van der Waals surface area contributed by atoms with Gasteiger partial charge in [0.1, 0.15) is 0 Å². The van der Waals surface area contributed by atoms with Gasteiger partial charge in [-0.05, 0) is 48.2 Å². The van der Waals surface area contributed by atoms with Crippen LogP contribution in [0.1, 0.15) is 34.7 Å². The maximum atomic E-state index is 13.2. The van der Waals surface area contributed by atoms with E-state index in [9.17, 15) is 4.79 Å². The third-order valence-corrected chi connectivity index (χ3v) is 6.08. The van der Waals surface area contributed by atoms with Crippen LogP contribution in [0, 0.1) is 13.8 Å². The van der Waals surface area contributed by atoms with Crippen molar-refractivity contribution in [1.29, 1.82) is 0 Å². The number of benzene rings is 2. The quantitative estimate of drug-likeness (QED) is 0.764.